The first-order chi connectivity index (χ1) is 10.7. The lowest BCUT2D eigenvalue weighted by Gasteiger charge is -2.10. The molecule has 0 radical (unpaired) electrons. The molecule has 0 amide bonds. The van der Waals surface area contributed by atoms with E-state index in [4.69, 9.17) is 10.00 Å². The van der Waals surface area contributed by atoms with Crippen molar-refractivity contribution in [2.24, 2.45) is 10.9 Å². The summed E-state index contributed by atoms with van der Waals surface area (Å²) < 4.78 is 5.78. The van der Waals surface area contributed by atoms with Gasteiger partial charge in [0.25, 0.3) is 0 Å². The molecule has 1 atom stereocenters. The van der Waals surface area contributed by atoms with Crippen molar-refractivity contribution in [2.75, 3.05) is 11.9 Å². The van der Waals surface area contributed by atoms with Gasteiger partial charge in [-0.3, -0.25) is 0 Å². The van der Waals surface area contributed by atoms with Crippen molar-refractivity contribution >= 4 is 28.6 Å². The largest absolute Gasteiger partial charge is 0.475 e. The van der Waals surface area contributed by atoms with Gasteiger partial charge in [0.05, 0.1) is 23.0 Å². The highest BCUT2D eigenvalue weighted by atomic mass is 32.1. The van der Waals surface area contributed by atoms with Crippen LogP contribution in [0.3, 0.4) is 0 Å². The van der Waals surface area contributed by atoms with Crippen molar-refractivity contribution in [3.05, 3.63) is 46.2 Å². The second-order valence-electron chi connectivity index (χ2n) is 5.50. The molecule has 0 saturated heterocycles. The molecular formula is C17H17N3OS. The van der Waals surface area contributed by atoms with Gasteiger partial charge >= 0.3 is 0 Å². The lowest BCUT2D eigenvalue weighted by Crippen LogP contribution is -2.13. The van der Waals surface area contributed by atoms with E-state index in [-0.39, 0.29) is 6.04 Å². The van der Waals surface area contributed by atoms with Crippen LogP contribution >= 0.6 is 11.3 Å². The summed E-state index contributed by atoms with van der Waals surface area (Å²) in [5, 5.41) is 14.4. The summed E-state index contributed by atoms with van der Waals surface area (Å²) in [7, 11) is 0. The molecule has 0 spiro atoms. The first-order valence-electron chi connectivity index (χ1n) is 7.23. The Bertz CT molecular complexity index is 742. The number of ether oxygens (including phenoxy) is 1. The summed E-state index contributed by atoms with van der Waals surface area (Å²) >= 11 is 1.43. The van der Waals surface area contributed by atoms with E-state index in [0.29, 0.717) is 23.3 Å². The average molecular weight is 311 g/mol. The SMILES string of the molecule is CC(C)[C@H]1COC(c2ccccc2Nc2ccsc2C#N)=N1. The fraction of sp³-hybridized carbons (Fsp3) is 0.294. The smallest absolute Gasteiger partial charge is 0.218 e. The van der Waals surface area contributed by atoms with Gasteiger partial charge in [-0.2, -0.15) is 5.26 Å². The molecule has 1 aromatic carbocycles. The molecule has 1 N–H and O–H groups in total. The Morgan fingerprint density at radius 3 is 2.86 bits per heavy atom. The Kier molecular flexibility index (Phi) is 4.12. The molecule has 1 aromatic heterocycles. The van der Waals surface area contributed by atoms with Crippen LogP contribution < -0.4 is 5.32 Å². The highest BCUT2D eigenvalue weighted by Crippen LogP contribution is 2.29. The van der Waals surface area contributed by atoms with Gasteiger partial charge in [-0.25, -0.2) is 4.99 Å². The van der Waals surface area contributed by atoms with E-state index < -0.39 is 0 Å². The zero-order chi connectivity index (χ0) is 15.5. The number of anilines is 2. The van der Waals surface area contributed by atoms with E-state index in [2.05, 4.69) is 30.2 Å². The number of rotatable bonds is 4. The fourth-order valence-electron chi connectivity index (χ4n) is 2.30. The fourth-order valence-corrected chi connectivity index (χ4v) is 2.94. The van der Waals surface area contributed by atoms with Gasteiger partial charge in [0.1, 0.15) is 17.6 Å². The van der Waals surface area contributed by atoms with E-state index in [1.807, 2.05) is 35.7 Å². The van der Waals surface area contributed by atoms with Crippen molar-refractivity contribution in [3.8, 4) is 6.07 Å². The van der Waals surface area contributed by atoms with E-state index in [0.717, 1.165) is 16.9 Å². The van der Waals surface area contributed by atoms with Gasteiger partial charge in [0.2, 0.25) is 5.90 Å². The third-order valence-corrected chi connectivity index (χ3v) is 4.46. The van der Waals surface area contributed by atoms with Gasteiger partial charge in [-0.05, 0) is 29.5 Å². The van der Waals surface area contributed by atoms with Crippen LogP contribution in [0.5, 0.6) is 0 Å². The molecule has 2 aromatic rings. The van der Waals surface area contributed by atoms with Crippen molar-refractivity contribution in [2.45, 2.75) is 19.9 Å². The molecule has 0 unspecified atom stereocenters. The Morgan fingerprint density at radius 1 is 1.32 bits per heavy atom. The van der Waals surface area contributed by atoms with E-state index in [1.54, 1.807) is 0 Å². The van der Waals surface area contributed by atoms with Crippen LogP contribution in [0.2, 0.25) is 0 Å². The van der Waals surface area contributed by atoms with Crippen LogP contribution in [0.4, 0.5) is 11.4 Å². The normalized spacial score (nSPS) is 17.0. The topological polar surface area (TPSA) is 57.4 Å². The molecule has 22 heavy (non-hydrogen) atoms. The Hall–Kier alpha value is -2.32. The molecule has 112 valence electrons. The first-order valence-corrected chi connectivity index (χ1v) is 8.11. The Balaban J connectivity index is 1.91. The van der Waals surface area contributed by atoms with Crippen molar-refractivity contribution in [1.82, 2.24) is 0 Å². The maximum atomic E-state index is 9.13. The van der Waals surface area contributed by atoms with Crippen molar-refractivity contribution in [1.29, 1.82) is 5.26 Å². The van der Waals surface area contributed by atoms with Crippen LogP contribution in [-0.2, 0) is 4.74 Å². The summed E-state index contributed by atoms with van der Waals surface area (Å²) in [5.74, 6) is 1.13. The van der Waals surface area contributed by atoms with E-state index in [9.17, 15) is 0 Å². The van der Waals surface area contributed by atoms with Crippen LogP contribution in [-0.4, -0.2) is 18.5 Å². The molecule has 0 saturated carbocycles. The van der Waals surface area contributed by atoms with E-state index >= 15 is 0 Å². The quantitative estimate of drug-likeness (QED) is 0.922. The van der Waals surface area contributed by atoms with Crippen LogP contribution in [0.15, 0.2) is 40.7 Å². The summed E-state index contributed by atoms with van der Waals surface area (Å²) in [6.45, 7) is 4.92. The molecular weight excluding hydrogens is 294 g/mol. The molecule has 0 bridgehead atoms. The maximum Gasteiger partial charge on any atom is 0.218 e. The second-order valence-corrected chi connectivity index (χ2v) is 6.42. The number of nitrogens with zero attached hydrogens (tertiary/aromatic N) is 2. The summed E-state index contributed by atoms with van der Waals surface area (Å²) in [6, 6.07) is 12.2. The number of para-hydroxylation sites is 1. The first kappa shape index (κ1) is 14.6. The number of benzene rings is 1. The highest BCUT2D eigenvalue weighted by Gasteiger charge is 2.24. The molecule has 1 aliphatic rings. The summed E-state index contributed by atoms with van der Waals surface area (Å²) in [5.41, 5.74) is 2.65. The number of hydrogen-bond acceptors (Lipinski definition) is 5. The zero-order valence-electron chi connectivity index (χ0n) is 12.5. The van der Waals surface area contributed by atoms with Gasteiger partial charge in [0, 0.05) is 0 Å². The lowest BCUT2D eigenvalue weighted by atomic mass is 10.1. The minimum absolute atomic E-state index is 0.207. The summed E-state index contributed by atoms with van der Waals surface area (Å²) in [4.78, 5) is 5.35. The Labute approximate surface area is 134 Å². The third-order valence-electron chi connectivity index (χ3n) is 3.64. The average Bonchev–Trinajstić information content (AvgIpc) is 3.16. The number of hydrogen-bond donors (Lipinski definition) is 1. The number of nitriles is 1. The standard InChI is InChI=1S/C17H17N3OS/c1-11(2)15-10-21-17(20-15)12-5-3-4-6-13(12)19-14-7-8-22-16(14)9-18/h3-8,11,15,19H,10H2,1-2H3/t15-/m1/s1. The molecule has 2 heterocycles. The minimum Gasteiger partial charge on any atom is -0.475 e. The number of nitrogens with one attached hydrogen (secondary N) is 1. The monoisotopic (exact) mass is 311 g/mol. The van der Waals surface area contributed by atoms with Gasteiger partial charge in [-0.15, -0.1) is 11.3 Å². The third kappa shape index (κ3) is 2.83. The molecule has 0 aliphatic carbocycles. The van der Waals surface area contributed by atoms with E-state index in [1.165, 1.54) is 11.3 Å². The van der Waals surface area contributed by atoms with Gasteiger partial charge in [0.15, 0.2) is 0 Å². The molecule has 5 heteroatoms. The lowest BCUT2D eigenvalue weighted by molar-refractivity contribution is 0.292. The number of thiophene rings is 1. The van der Waals surface area contributed by atoms with Crippen LogP contribution in [0, 0.1) is 17.2 Å². The van der Waals surface area contributed by atoms with Gasteiger partial charge < -0.3 is 10.1 Å². The molecule has 4 nitrogen and oxygen atoms in total. The second kappa shape index (κ2) is 6.20. The highest BCUT2D eigenvalue weighted by molar-refractivity contribution is 7.11. The van der Waals surface area contributed by atoms with Crippen LogP contribution in [0.1, 0.15) is 24.3 Å². The van der Waals surface area contributed by atoms with Gasteiger partial charge in [-0.1, -0.05) is 26.0 Å². The predicted molar refractivity (Wildman–Crippen MR) is 89.9 cm³/mol. The molecule has 3 rings (SSSR count). The zero-order valence-corrected chi connectivity index (χ0v) is 13.4. The van der Waals surface area contributed by atoms with Crippen LogP contribution in [0.25, 0.3) is 0 Å². The molecule has 0 fully saturated rings. The predicted octanol–water partition coefficient (Wildman–Crippen LogP) is 4.16. The van der Waals surface area contributed by atoms with Crippen molar-refractivity contribution in [3.63, 3.8) is 0 Å². The maximum absolute atomic E-state index is 9.13. The number of aliphatic imine (C=N–C) groups is 1. The Morgan fingerprint density at radius 2 is 2.14 bits per heavy atom. The minimum atomic E-state index is 0.207. The van der Waals surface area contributed by atoms with Crippen molar-refractivity contribution < 1.29 is 4.74 Å². The molecule has 1 aliphatic heterocycles. The summed E-state index contributed by atoms with van der Waals surface area (Å²) in [6.07, 6.45) is 0.